The molecule has 1 fully saturated rings. The summed E-state index contributed by atoms with van der Waals surface area (Å²) in [5.41, 5.74) is 0. The first-order chi connectivity index (χ1) is 7.36. The van der Waals surface area contributed by atoms with Gasteiger partial charge in [0.2, 0.25) is 5.91 Å². The summed E-state index contributed by atoms with van der Waals surface area (Å²) in [4.78, 5) is 13.0. The molecule has 0 aliphatic carbocycles. The first kappa shape index (κ1) is 13.6. The second kappa shape index (κ2) is 5.25. The summed E-state index contributed by atoms with van der Waals surface area (Å²) in [6.45, 7) is 1.82. The number of rotatable bonds is 2. The van der Waals surface area contributed by atoms with Gasteiger partial charge >= 0.3 is 6.18 Å². The smallest absolute Gasteiger partial charge is 0.342 e. The largest absolute Gasteiger partial charge is 0.393 e. The van der Waals surface area contributed by atoms with Crippen molar-refractivity contribution in [3.63, 3.8) is 0 Å². The molecule has 16 heavy (non-hydrogen) atoms. The predicted octanol–water partition coefficient (Wildman–Crippen LogP) is 2.66. The topological polar surface area (TPSA) is 20.3 Å². The van der Waals surface area contributed by atoms with E-state index in [0.717, 1.165) is 0 Å². The molecule has 0 saturated carbocycles. The van der Waals surface area contributed by atoms with Crippen molar-refractivity contribution in [2.75, 3.05) is 19.0 Å². The average Bonchev–Trinajstić information content (AvgIpc) is 2.26. The molecule has 1 aliphatic rings. The summed E-state index contributed by atoms with van der Waals surface area (Å²) < 4.78 is 37.5. The summed E-state index contributed by atoms with van der Waals surface area (Å²) in [5.74, 6) is -1.92. The van der Waals surface area contributed by atoms with Gasteiger partial charge in [-0.1, -0.05) is 6.92 Å². The minimum absolute atomic E-state index is 0.114. The summed E-state index contributed by atoms with van der Waals surface area (Å²) in [6, 6.07) is 0. The molecule has 1 heterocycles. The Balaban J connectivity index is 2.60. The van der Waals surface area contributed by atoms with Gasteiger partial charge in [0.15, 0.2) is 0 Å². The van der Waals surface area contributed by atoms with Gasteiger partial charge in [-0.05, 0) is 12.8 Å². The molecule has 2 unspecified atom stereocenters. The SMILES string of the molecule is CC(CCl)C(=O)N1CCCC(C(F)(F)F)C1. The van der Waals surface area contributed by atoms with Crippen LogP contribution in [0.4, 0.5) is 13.2 Å². The number of hydrogen-bond acceptors (Lipinski definition) is 1. The van der Waals surface area contributed by atoms with Crippen LogP contribution in [0.3, 0.4) is 0 Å². The second-order valence-corrected chi connectivity index (χ2v) is 4.53. The molecule has 1 saturated heterocycles. The zero-order valence-corrected chi connectivity index (χ0v) is 9.81. The van der Waals surface area contributed by atoms with Crippen LogP contribution >= 0.6 is 11.6 Å². The van der Waals surface area contributed by atoms with E-state index in [4.69, 9.17) is 11.6 Å². The fraction of sp³-hybridized carbons (Fsp3) is 0.900. The lowest BCUT2D eigenvalue weighted by atomic mass is 9.96. The van der Waals surface area contributed by atoms with Gasteiger partial charge in [0.25, 0.3) is 0 Å². The van der Waals surface area contributed by atoms with Gasteiger partial charge in [-0.2, -0.15) is 13.2 Å². The van der Waals surface area contributed by atoms with Crippen LogP contribution < -0.4 is 0 Å². The summed E-state index contributed by atoms with van der Waals surface area (Å²) in [5, 5.41) is 0. The number of carbonyl (C=O) groups is 1. The molecule has 94 valence electrons. The lowest BCUT2D eigenvalue weighted by molar-refractivity contribution is -0.188. The number of piperidine rings is 1. The van der Waals surface area contributed by atoms with Gasteiger partial charge in [-0.15, -0.1) is 11.6 Å². The van der Waals surface area contributed by atoms with Crippen LogP contribution in [0.5, 0.6) is 0 Å². The van der Waals surface area contributed by atoms with Crippen LogP contribution in [-0.4, -0.2) is 36.0 Å². The van der Waals surface area contributed by atoms with Crippen molar-refractivity contribution >= 4 is 17.5 Å². The van der Waals surface area contributed by atoms with Crippen molar-refractivity contribution in [1.82, 2.24) is 4.90 Å². The minimum Gasteiger partial charge on any atom is -0.342 e. The van der Waals surface area contributed by atoms with E-state index < -0.39 is 18.0 Å². The molecular formula is C10H15ClF3NO. The Hall–Kier alpha value is -0.450. The van der Waals surface area contributed by atoms with Crippen molar-refractivity contribution < 1.29 is 18.0 Å². The maximum Gasteiger partial charge on any atom is 0.393 e. The third-order valence-electron chi connectivity index (χ3n) is 2.85. The lowest BCUT2D eigenvalue weighted by Gasteiger charge is -2.34. The van der Waals surface area contributed by atoms with Gasteiger partial charge in [-0.25, -0.2) is 0 Å². The van der Waals surface area contributed by atoms with E-state index in [0.29, 0.717) is 13.0 Å². The molecule has 1 amide bonds. The Kier molecular flexibility index (Phi) is 4.47. The van der Waals surface area contributed by atoms with E-state index in [-0.39, 0.29) is 24.8 Å². The summed E-state index contributed by atoms with van der Waals surface area (Å²) in [7, 11) is 0. The highest BCUT2D eigenvalue weighted by molar-refractivity contribution is 6.19. The van der Waals surface area contributed by atoms with Crippen molar-refractivity contribution in [2.24, 2.45) is 11.8 Å². The lowest BCUT2D eigenvalue weighted by Crippen LogP contribution is -2.46. The number of carbonyl (C=O) groups excluding carboxylic acids is 1. The van der Waals surface area contributed by atoms with Gasteiger partial charge < -0.3 is 4.90 Å². The number of alkyl halides is 4. The molecule has 2 atom stereocenters. The highest BCUT2D eigenvalue weighted by Crippen LogP contribution is 2.33. The van der Waals surface area contributed by atoms with Crippen LogP contribution in [0.15, 0.2) is 0 Å². The van der Waals surface area contributed by atoms with Crippen molar-refractivity contribution in [1.29, 1.82) is 0 Å². The molecule has 0 spiro atoms. The van der Waals surface area contributed by atoms with Crippen LogP contribution in [-0.2, 0) is 4.79 Å². The molecule has 6 heteroatoms. The standard InChI is InChI=1S/C10H15ClF3NO/c1-7(5-11)9(16)15-4-2-3-8(6-15)10(12,13)14/h7-8H,2-6H2,1H3. The predicted molar refractivity (Wildman–Crippen MR) is 55.2 cm³/mol. The number of amides is 1. The normalized spacial score (nSPS) is 24.3. The molecule has 0 aromatic rings. The average molecular weight is 258 g/mol. The molecule has 0 radical (unpaired) electrons. The first-order valence-corrected chi connectivity index (χ1v) is 5.81. The van der Waals surface area contributed by atoms with Gasteiger partial charge in [0.1, 0.15) is 0 Å². The van der Waals surface area contributed by atoms with E-state index in [2.05, 4.69) is 0 Å². The van der Waals surface area contributed by atoms with E-state index in [9.17, 15) is 18.0 Å². The molecule has 0 aromatic carbocycles. The van der Waals surface area contributed by atoms with Crippen LogP contribution in [0, 0.1) is 11.8 Å². The third kappa shape index (κ3) is 3.27. The Bertz CT molecular complexity index is 257. The van der Waals surface area contributed by atoms with E-state index >= 15 is 0 Å². The molecular weight excluding hydrogens is 243 g/mol. The molecule has 0 bridgehead atoms. The fourth-order valence-electron chi connectivity index (χ4n) is 1.82. The Labute approximate surface area is 97.7 Å². The van der Waals surface area contributed by atoms with Crippen molar-refractivity contribution in [3.8, 4) is 0 Å². The zero-order chi connectivity index (χ0) is 12.3. The van der Waals surface area contributed by atoms with Crippen LogP contribution in [0.1, 0.15) is 19.8 Å². The molecule has 1 rings (SSSR count). The minimum atomic E-state index is -4.21. The number of hydrogen-bond donors (Lipinski definition) is 0. The molecule has 1 aliphatic heterocycles. The second-order valence-electron chi connectivity index (χ2n) is 4.22. The zero-order valence-electron chi connectivity index (χ0n) is 9.06. The number of nitrogens with zero attached hydrogens (tertiary/aromatic N) is 1. The highest BCUT2D eigenvalue weighted by atomic mass is 35.5. The maximum atomic E-state index is 12.5. The first-order valence-electron chi connectivity index (χ1n) is 5.27. The van der Waals surface area contributed by atoms with E-state index in [1.165, 1.54) is 4.90 Å². The van der Waals surface area contributed by atoms with Gasteiger partial charge in [-0.3, -0.25) is 4.79 Å². The van der Waals surface area contributed by atoms with E-state index in [1.807, 2.05) is 0 Å². The van der Waals surface area contributed by atoms with Crippen molar-refractivity contribution in [2.45, 2.75) is 25.9 Å². The van der Waals surface area contributed by atoms with Crippen LogP contribution in [0.2, 0.25) is 0 Å². The van der Waals surface area contributed by atoms with Gasteiger partial charge in [0, 0.05) is 24.9 Å². The Morgan fingerprint density at radius 2 is 2.19 bits per heavy atom. The van der Waals surface area contributed by atoms with Gasteiger partial charge in [0.05, 0.1) is 5.92 Å². The molecule has 0 N–H and O–H groups in total. The maximum absolute atomic E-state index is 12.5. The van der Waals surface area contributed by atoms with E-state index in [1.54, 1.807) is 6.92 Å². The summed E-state index contributed by atoms with van der Waals surface area (Å²) in [6.07, 6.45) is -3.68. The monoisotopic (exact) mass is 257 g/mol. The highest BCUT2D eigenvalue weighted by Gasteiger charge is 2.42. The number of halogens is 4. The molecule has 2 nitrogen and oxygen atoms in total. The quantitative estimate of drug-likeness (QED) is 0.697. The number of likely N-dealkylation sites (tertiary alicyclic amines) is 1. The molecule has 0 aromatic heterocycles. The third-order valence-corrected chi connectivity index (χ3v) is 3.31. The Morgan fingerprint density at radius 3 is 2.69 bits per heavy atom. The van der Waals surface area contributed by atoms with Crippen molar-refractivity contribution in [3.05, 3.63) is 0 Å². The Morgan fingerprint density at radius 1 is 1.56 bits per heavy atom. The fourth-order valence-corrected chi connectivity index (χ4v) is 1.95. The van der Waals surface area contributed by atoms with Crippen LogP contribution in [0.25, 0.3) is 0 Å². The summed E-state index contributed by atoms with van der Waals surface area (Å²) >= 11 is 5.52.